The van der Waals surface area contributed by atoms with E-state index in [2.05, 4.69) is 19.6 Å². The van der Waals surface area contributed by atoms with Crippen LogP contribution >= 0.6 is 34.2 Å². The van der Waals surface area contributed by atoms with E-state index in [-0.39, 0.29) is 0 Å². The largest absolute Gasteiger partial charge is 0.149 e. The molecule has 1 rings (SSSR count). The molecule has 1 fully saturated rings. The highest BCUT2D eigenvalue weighted by atomic mass is 33.2. The molecule has 0 aliphatic carbocycles. The second kappa shape index (κ2) is 5.71. The first-order chi connectivity index (χ1) is 5.77. The maximum Gasteiger partial charge on any atom is 0.124 e. The van der Waals surface area contributed by atoms with E-state index in [1.165, 1.54) is 44.9 Å². The van der Waals surface area contributed by atoms with Crippen LogP contribution in [0.4, 0.5) is 0 Å². The van der Waals surface area contributed by atoms with Gasteiger partial charge in [-0.1, -0.05) is 67.0 Å². The third-order valence-electron chi connectivity index (χ3n) is 2.12. The molecule has 0 unspecified atom stereocenters. The molecule has 1 aliphatic heterocycles. The number of hydrogen-bond donors (Lipinski definition) is 1. The molecule has 0 bridgehead atoms. The van der Waals surface area contributed by atoms with Crippen LogP contribution in [0.15, 0.2) is 0 Å². The summed E-state index contributed by atoms with van der Waals surface area (Å²) in [6, 6.07) is 0. The van der Waals surface area contributed by atoms with Gasteiger partial charge < -0.3 is 0 Å². The second-order valence-electron chi connectivity index (χ2n) is 3.40. The van der Waals surface area contributed by atoms with Gasteiger partial charge in [-0.05, 0) is 6.42 Å². The number of unbranched alkanes of at least 4 members (excludes halogenated alkanes) is 5. The van der Waals surface area contributed by atoms with Crippen LogP contribution in [-0.4, -0.2) is 3.41 Å². The second-order valence-corrected chi connectivity index (χ2v) is 7.75. The van der Waals surface area contributed by atoms with Crippen molar-refractivity contribution in [3.63, 3.8) is 0 Å². The van der Waals surface area contributed by atoms with E-state index < -0.39 is 0 Å². The molecule has 1 aliphatic rings. The molecule has 0 spiro atoms. The fourth-order valence-electron chi connectivity index (χ4n) is 1.26. The summed E-state index contributed by atoms with van der Waals surface area (Å²) < 4.78 is 0.324. The van der Waals surface area contributed by atoms with Crippen LogP contribution in [0.25, 0.3) is 0 Å². The molecule has 72 valence electrons. The van der Waals surface area contributed by atoms with E-state index in [4.69, 9.17) is 0 Å². The molecular weight excluding hydrogens is 204 g/mol. The van der Waals surface area contributed by atoms with Gasteiger partial charge >= 0.3 is 0 Å². The van der Waals surface area contributed by atoms with Crippen LogP contribution < -0.4 is 0 Å². The molecular formula is C9H18S3. The van der Waals surface area contributed by atoms with Crippen molar-refractivity contribution >= 4 is 34.2 Å². The van der Waals surface area contributed by atoms with Crippen molar-refractivity contribution in [2.75, 3.05) is 0 Å². The predicted octanol–water partition coefficient (Wildman–Crippen LogP) is 4.72. The van der Waals surface area contributed by atoms with E-state index in [0.29, 0.717) is 3.41 Å². The SMILES string of the molecule is CCCCCCCCC1(S)SS1. The predicted molar refractivity (Wildman–Crippen MR) is 64.9 cm³/mol. The van der Waals surface area contributed by atoms with Gasteiger partial charge in [-0.25, -0.2) is 0 Å². The standard InChI is InChI=1S/C9H18S3/c1-2-3-4-5-6-7-8-9(10)11-12-9/h10H,2-8H2,1H3. The molecule has 0 N–H and O–H groups in total. The molecule has 1 saturated heterocycles. The molecule has 0 aromatic heterocycles. The average Bonchev–Trinajstić information content (AvgIpc) is 2.77. The van der Waals surface area contributed by atoms with Crippen LogP contribution in [0.5, 0.6) is 0 Å². The lowest BCUT2D eigenvalue weighted by Gasteiger charge is -2.02. The first-order valence-corrected chi connectivity index (χ1v) is 7.46. The Hall–Kier alpha value is 1.05. The molecule has 0 saturated carbocycles. The lowest BCUT2D eigenvalue weighted by atomic mass is 10.1. The van der Waals surface area contributed by atoms with Crippen molar-refractivity contribution in [3.8, 4) is 0 Å². The Morgan fingerprint density at radius 1 is 1.00 bits per heavy atom. The summed E-state index contributed by atoms with van der Waals surface area (Å²) >= 11 is 4.54. The van der Waals surface area contributed by atoms with Crippen LogP contribution in [0.2, 0.25) is 0 Å². The quantitative estimate of drug-likeness (QED) is 0.286. The highest BCUT2D eigenvalue weighted by Crippen LogP contribution is 2.69. The first-order valence-electron chi connectivity index (χ1n) is 4.86. The molecule has 0 radical (unpaired) electrons. The summed E-state index contributed by atoms with van der Waals surface area (Å²) in [5, 5.41) is 0. The van der Waals surface area contributed by atoms with Crippen LogP contribution in [0, 0.1) is 0 Å². The zero-order chi connectivity index (χ0) is 8.86. The van der Waals surface area contributed by atoms with Crippen molar-refractivity contribution in [2.24, 2.45) is 0 Å². The van der Waals surface area contributed by atoms with E-state index in [1.54, 1.807) is 0 Å². The van der Waals surface area contributed by atoms with E-state index in [0.717, 1.165) is 0 Å². The van der Waals surface area contributed by atoms with Crippen molar-refractivity contribution in [3.05, 3.63) is 0 Å². The summed E-state index contributed by atoms with van der Waals surface area (Å²) in [5.74, 6) is 0. The summed E-state index contributed by atoms with van der Waals surface area (Å²) in [4.78, 5) is 0. The maximum atomic E-state index is 4.54. The highest BCUT2D eigenvalue weighted by molar-refractivity contribution is 8.97. The molecule has 0 nitrogen and oxygen atoms in total. The molecule has 0 aromatic carbocycles. The molecule has 1 heterocycles. The van der Waals surface area contributed by atoms with Gasteiger partial charge in [-0.15, -0.1) is 12.6 Å². The summed E-state index contributed by atoms with van der Waals surface area (Å²) in [6.07, 6.45) is 9.68. The van der Waals surface area contributed by atoms with E-state index in [1.807, 2.05) is 21.6 Å². The Labute approximate surface area is 89.5 Å². The van der Waals surface area contributed by atoms with Gasteiger partial charge in [0.25, 0.3) is 0 Å². The number of thiol groups is 1. The van der Waals surface area contributed by atoms with E-state index in [9.17, 15) is 0 Å². The Bertz CT molecular complexity index is 121. The number of rotatable bonds is 7. The normalized spacial score (nSPS) is 19.5. The maximum absolute atomic E-state index is 4.54. The molecule has 3 heteroatoms. The van der Waals surface area contributed by atoms with Crippen LogP contribution in [-0.2, 0) is 0 Å². The first kappa shape index (κ1) is 11.1. The van der Waals surface area contributed by atoms with Gasteiger partial charge in [-0.2, -0.15) is 0 Å². The zero-order valence-electron chi connectivity index (χ0n) is 7.71. The minimum absolute atomic E-state index is 0.324. The Morgan fingerprint density at radius 3 is 2.17 bits per heavy atom. The molecule has 12 heavy (non-hydrogen) atoms. The number of hydrogen-bond acceptors (Lipinski definition) is 3. The third kappa shape index (κ3) is 4.93. The van der Waals surface area contributed by atoms with Gasteiger partial charge in [0.2, 0.25) is 0 Å². The average molecular weight is 222 g/mol. The van der Waals surface area contributed by atoms with Crippen LogP contribution in [0.3, 0.4) is 0 Å². The highest BCUT2D eigenvalue weighted by Gasteiger charge is 2.41. The monoisotopic (exact) mass is 222 g/mol. The Balaban J connectivity index is 1.77. The van der Waals surface area contributed by atoms with Gasteiger partial charge in [0.1, 0.15) is 3.41 Å². The fourth-order valence-corrected chi connectivity index (χ4v) is 3.09. The minimum Gasteiger partial charge on any atom is -0.149 e. The molecule has 0 aromatic rings. The van der Waals surface area contributed by atoms with E-state index >= 15 is 0 Å². The van der Waals surface area contributed by atoms with Crippen molar-refractivity contribution in [1.29, 1.82) is 0 Å². The van der Waals surface area contributed by atoms with Gasteiger partial charge in [0.05, 0.1) is 0 Å². The smallest absolute Gasteiger partial charge is 0.124 e. The van der Waals surface area contributed by atoms with Gasteiger partial charge in [-0.3, -0.25) is 0 Å². The summed E-state index contributed by atoms with van der Waals surface area (Å²) in [7, 11) is 3.84. The van der Waals surface area contributed by atoms with Crippen molar-refractivity contribution in [2.45, 2.75) is 55.3 Å². The summed E-state index contributed by atoms with van der Waals surface area (Å²) in [6.45, 7) is 2.26. The Morgan fingerprint density at radius 2 is 1.58 bits per heavy atom. The Kier molecular flexibility index (Phi) is 5.30. The minimum atomic E-state index is 0.324. The van der Waals surface area contributed by atoms with Crippen molar-refractivity contribution < 1.29 is 0 Å². The molecule has 0 amide bonds. The zero-order valence-corrected chi connectivity index (χ0v) is 10.2. The van der Waals surface area contributed by atoms with Crippen LogP contribution in [0.1, 0.15) is 51.9 Å². The topological polar surface area (TPSA) is 0 Å². The van der Waals surface area contributed by atoms with Crippen molar-refractivity contribution in [1.82, 2.24) is 0 Å². The molecule has 0 atom stereocenters. The van der Waals surface area contributed by atoms with Gasteiger partial charge in [0, 0.05) is 0 Å². The summed E-state index contributed by atoms with van der Waals surface area (Å²) in [5.41, 5.74) is 0. The lowest BCUT2D eigenvalue weighted by Crippen LogP contribution is -1.92. The lowest BCUT2D eigenvalue weighted by molar-refractivity contribution is 0.598. The van der Waals surface area contributed by atoms with Gasteiger partial charge in [0.15, 0.2) is 0 Å². The third-order valence-corrected chi connectivity index (χ3v) is 6.30. The fraction of sp³-hybridized carbons (Fsp3) is 1.00.